The number of rotatable bonds is 39. The van der Waals surface area contributed by atoms with Gasteiger partial charge in [-0.3, -0.25) is 24.0 Å². The number of imide groups is 1. The van der Waals surface area contributed by atoms with Crippen LogP contribution in [0.15, 0.2) is 0 Å². The number of esters is 2. The standard InChI is InChI=1S/C44H78N2O11/c1-4-7-10-11-12-14-17-20-23-29-44(43(52)56-33-9-6-3,30-24-21-18-15-13-16-19-22-25-40(49)55-32-8-5-2)42(51)45-31-35-54-37-36-53-34-28-41(50)57-46-38(47)26-27-39(46)48/h4-37H2,1-3H3,(H,45,51). The quantitative estimate of drug-likeness (QED) is 0.0274. The molecule has 1 aliphatic heterocycles. The average molecular weight is 811 g/mol. The van der Waals surface area contributed by atoms with Gasteiger partial charge in [-0.2, -0.15) is 0 Å². The Morgan fingerprint density at radius 2 is 1.00 bits per heavy atom. The predicted octanol–water partition coefficient (Wildman–Crippen LogP) is 8.63. The zero-order chi connectivity index (χ0) is 41.8. The molecular formula is C44H78N2O11. The molecule has 0 spiro atoms. The fourth-order valence-electron chi connectivity index (χ4n) is 6.68. The Morgan fingerprint density at radius 1 is 0.526 bits per heavy atom. The van der Waals surface area contributed by atoms with Crippen LogP contribution in [0.3, 0.4) is 0 Å². The third-order valence-corrected chi connectivity index (χ3v) is 10.3. The second-order valence-electron chi connectivity index (χ2n) is 15.3. The number of nitrogens with one attached hydrogen (secondary N) is 1. The highest BCUT2D eigenvalue weighted by atomic mass is 16.7. The van der Waals surface area contributed by atoms with E-state index in [2.05, 4.69) is 19.2 Å². The van der Waals surface area contributed by atoms with Crippen LogP contribution in [0.25, 0.3) is 0 Å². The molecule has 0 bridgehead atoms. The monoisotopic (exact) mass is 811 g/mol. The molecule has 0 aliphatic carbocycles. The number of ether oxygens (including phenoxy) is 4. The summed E-state index contributed by atoms with van der Waals surface area (Å²) >= 11 is 0. The second-order valence-corrected chi connectivity index (χ2v) is 15.3. The average Bonchev–Trinajstić information content (AvgIpc) is 3.51. The van der Waals surface area contributed by atoms with Crippen LogP contribution in [0, 0.1) is 5.41 Å². The third-order valence-electron chi connectivity index (χ3n) is 10.3. The van der Waals surface area contributed by atoms with Gasteiger partial charge in [-0.25, -0.2) is 4.79 Å². The molecule has 1 rings (SSSR count). The van der Waals surface area contributed by atoms with Crippen LogP contribution in [0.5, 0.6) is 0 Å². The predicted molar refractivity (Wildman–Crippen MR) is 219 cm³/mol. The zero-order valence-corrected chi connectivity index (χ0v) is 36.0. The van der Waals surface area contributed by atoms with Crippen LogP contribution < -0.4 is 5.32 Å². The van der Waals surface area contributed by atoms with Crippen molar-refractivity contribution in [3.05, 3.63) is 0 Å². The summed E-state index contributed by atoms with van der Waals surface area (Å²) in [7, 11) is 0. The van der Waals surface area contributed by atoms with Crippen LogP contribution in [-0.4, -0.2) is 86.9 Å². The highest BCUT2D eigenvalue weighted by molar-refractivity contribution is 6.03. The number of unbranched alkanes of at least 4 members (excludes halogenated alkanes) is 17. The molecule has 13 heteroatoms. The summed E-state index contributed by atoms with van der Waals surface area (Å²) < 4.78 is 22.1. The topological polar surface area (TPSA) is 164 Å². The van der Waals surface area contributed by atoms with E-state index >= 15 is 0 Å². The van der Waals surface area contributed by atoms with Gasteiger partial charge in [0.2, 0.25) is 5.91 Å². The molecule has 1 heterocycles. The highest BCUT2D eigenvalue weighted by Crippen LogP contribution is 2.35. The fourth-order valence-corrected chi connectivity index (χ4v) is 6.68. The first-order valence-electron chi connectivity index (χ1n) is 22.5. The number of amides is 3. The molecule has 0 aromatic carbocycles. The van der Waals surface area contributed by atoms with E-state index in [1.165, 1.54) is 38.5 Å². The van der Waals surface area contributed by atoms with E-state index in [0.29, 0.717) is 37.5 Å². The first-order chi connectivity index (χ1) is 27.7. The fraction of sp³-hybridized carbons (Fsp3) is 0.864. The van der Waals surface area contributed by atoms with Gasteiger partial charge >= 0.3 is 17.9 Å². The third kappa shape index (κ3) is 25.1. The number of carbonyl (C=O) groups excluding carboxylic acids is 6. The molecule has 0 aromatic heterocycles. The largest absolute Gasteiger partial charge is 0.466 e. The summed E-state index contributed by atoms with van der Waals surface area (Å²) in [5.74, 6) is -2.61. The lowest BCUT2D eigenvalue weighted by Gasteiger charge is -2.31. The first kappa shape index (κ1) is 52.0. The van der Waals surface area contributed by atoms with E-state index in [4.69, 9.17) is 23.8 Å². The van der Waals surface area contributed by atoms with Crippen LogP contribution in [0.2, 0.25) is 0 Å². The van der Waals surface area contributed by atoms with Gasteiger partial charge in [-0.05, 0) is 32.1 Å². The summed E-state index contributed by atoms with van der Waals surface area (Å²) in [6.07, 6.45) is 23.0. The molecule has 13 nitrogen and oxygen atoms in total. The van der Waals surface area contributed by atoms with Gasteiger partial charge in [0, 0.05) is 25.8 Å². The summed E-state index contributed by atoms with van der Waals surface area (Å²) in [6, 6.07) is 0. The van der Waals surface area contributed by atoms with Gasteiger partial charge in [-0.1, -0.05) is 136 Å². The summed E-state index contributed by atoms with van der Waals surface area (Å²) in [5, 5.41) is 3.49. The molecule has 0 saturated carbocycles. The van der Waals surface area contributed by atoms with Gasteiger partial charge in [0.15, 0.2) is 0 Å². The Hall–Kier alpha value is -3.06. The Balaban J connectivity index is 2.60. The number of hydrogen-bond donors (Lipinski definition) is 1. The van der Waals surface area contributed by atoms with Crippen LogP contribution >= 0.6 is 0 Å². The SMILES string of the molecule is CCCCCCCCCCCC(CCCCCCCCCCC(=O)OCCCC)(C(=O)NCCOCCOCCC(=O)ON1C(=O)CCC1=O)C(=O)OCCCC. The zero-order valence-electron chi connectivity index (χ0n) is 36.0. The van der Waals surface area contributed by atoms with E-state index in [1.807, 2.05) is 6.92 Å². The number of carbonyl (C=O) groups is 6. The summed E-state index contributed by atoms with van der Waals surface area (Å²) in [4.78, 5) is 79.5. The lowest BCUT2D eigenvalue weighted by Crippen LogP contribution is -2.48. The molecule has 1 fully saturated rings. The molecule has 57 heavy (non-hydrogen) atoms. The second kappa shape index (κ2) is 34.9. The van der Waals surface area contributed by atoms with Crippen molar-refractivity contribution in [2.24, 2.45) is 5.41 Å². The van der Waals surface area contributed by atoms with Crippen molar-refractivity contribution in [1.82, 2.24) is 10.4 Å². The molecule has 1 atom stereocenters. The van der Waals surface area contributed by atoms with Crippen molar-refractivity contribution in [2.45, 2.75) is 194 Å². The lowest BCUT2D eigenvalue weighted by molar-refractivity contribution is -0.198. The van der Waals surface area contributed by atoms with Crippen LogP contribution in [0.4, 0.5) is 0 Å². The Bertz CT molecular complexity index is 1100. The lowest BCUT2D eigenvalue weighted by atomic mass is 9.76. The normalized spacial score (nSPS) is 13.8. The van der Waals surface area contributed by atoms with Crippen molar-refractivity contribution < 1.29 is 52.6 Å². The maximum absolute atomic E-state index is 14.0. The molecule has 1 N–H and O–H groups in total. The van der Waals surface area contributed by atoms with E-state index in [-0.39, 0.29) is 64.1 Å². The van der Waals surface area contributed by atoms with Crippen molar-refractivity contribution in [3.8, 4) is 0 Å². The van der Waals surface area contributed by atoms with Crippen molar-refractivity contribution in [2.75, 3.05) is 46.2 Å². The highest BCUT2D eigenvalue weighted by Gasteiger charge is 2.46. The van der Waals surface area contributed by atoms with Gasteiger partial charge in [0.1, 0.15) is 5.41 Å². The molecule has 0 radical (unpaired) electrons. The summed E-state index contributed by atoms with van der Waals surface area (Å²) in [6.45, 7) is 8.05. The molecule has 1 saturated heterocycles. The minimum absolute atomic E-state index is 0.0351. The number of hydrogen-bond acceptors (Lipinski definition) is 11. The van der Waals surface area contributed by atoms with E-state index in [0.717, 1.165) is 96.3 Å². The molecule has 1 unspecified atom stereocenters. The van der Waals surface area contributed by atoms with Gasteiger partial charge in [-0.15, -0.1) is 5.06 Å². The maximum atomic E-state index is 14.0. The van der Waals surface area contributed by atoms with Gasteiger partial charge in [0.25, 0.3) is 11.8 Å². The van der Waals surface area contributed by atoms with Crippen molar-refractivity contribution >= 4 is 35.6 Å². The summed E-state index contributed by atoms with van der Waals surface area (Å²) in [5.41, 5.74) is -1.25. The maximum Gasteiger partial charge on any atom is 0.335 e. The molecule has 0 aromatic rings. The Labute approximate surface area is 343 Å². The van der Waals surface area contributed by atoms with Crippen LogP contribution in [-0.2, 0) is 52.6 Å². The van der Waals surface area contributed by atoms with E-state index in [9.17, 15) is 28.8 Å². The van der Waals surface area contributed by atoms with Crippen molar-refractivity contribution in [3.63, 3.8) is 0 Å². The van der Waals surface area contributed by atoms with E-state index in [1.54, 1.807) is 0 Å². The molecule has 1 aliphatic rings. The van der Waals surface area contributed by atoms with Gasteiger partial charge in [0.05, 0.1) is 46.1 Å². The minimum atomic E-state index is -1.25. The molecule has 330 valence electrons. The minimum Gasteiger partial charge on any atom is -0.466 e. The smallest absolute Gasteiger partial charge is 0.335 e. The van der Waals surface area contributed by atoms with Gasteiger partial charge < -0.3 is 29.1 Å². The first-order valence-corrected chi connectivity index (χ1v) is 22.5. The molecule has 3 amide bonds. The van der Waals surface area contributed by atoms with E-state index < -0.39 is 29.2 Å². The Morgan fingerprint density at radius 3 is 1.54 bits per heavy atom. The number of hydroxylamine groups is 2. The van der Waals surface area contributed by atoms with Crippen LogP contribution in [0.1, 0.15) is 194 Å². The van der Waals surface area contributed by atoms with Crippen molar-refractivity contribution in [1.29, 1.82) is 0 Å². The molecular weight excluding hydrogens is 732 g/mol. The Kier molecular flexibility index (Phi) is 31.8. The number of nitrogens with zero attached hydrogens (tertiary/aromatic N) is 1.